The maximum Gasteiger partial charge on any atom is 0.226 e. The van der Waals surface area contributed by atoms with Gasteiger partial charge in [0.2, 0.25) is 5.91 Å². The summed E-state index contributed by atoms with van der Waals surface area (Å²) < 4.78 is 9.39. The smallest absolute Gasteiger partial charge is 0.226 e. The van der Waals surface area contributed by atoms with Crippen molar-refractivity contribution in [2.24, 2.45) is 7.05 Å². The molecule has 0 unspecified atom stereocenters. The predicted molar refractivity (Wildman–Crippen MR) is 121 cm³/mol. The van der Waals surface area contributed by atoms with Gasteiger partial charge in [0.05, 0.1) is 37.2 Å². The molecule has 0 bridgehead atoms. The topological polar surface area (TPSA) is 68.4 Å². The molecule has 1 aromatic carbocycles. The largest absolute Gasteiger partial charge is 0.497 e. The van der Waals surface area contributed by atoms with E-state index in [1.165, 1.54) is 0 Å². The van der Waals surface area contributed by atoms with E-state index in [0.717, 1.165) is 67.4 Å². The Labute approximate surface area is 188 Å². The summed E-state index contributed by atoms with van der Waals surface area (Å²) in [5, 5.41) is 4.33. The second-order valence-electron chi connectivity index (χ2n) is 8.88. The van der Waals surface area contributed by atoms with Crippen LogP contribution in [0.1, 0.15) is 24.2 Å². The average molecular weight is 435 g/mol. The molecule has 0 radical (unpaired) electrons. The van der Waals surface area contributed by atoms with Crippen molar-refractivity contribution in [1.29, 1.82) is 0 Å². The maximum atomic E-state index is 13.0. The molecule has 1 spiro atoms. The first kappa shape index (κ1) is 20.8. The summed E-state index contributed by atoms with van der Waals surface area (Å²) >= 11 is 0. The Bertz CT molecular complexity index is 1110. The zero-order chi connectivity index (χ0) is 22.3. The normalized spacial score (nSPS) is 18.0. The Hall–Kier alpha value is -3.13. The molecule has 0 atom stereocenters. The number of methoxy groups -OCH3 is 1. The molecule has 3 aromatic rings. The molecule has 1 saturated heterocycles. The van der Waals surface area contributed by atoms with Crippen LogP contribution in [0.4, 0.5) is 0 Å². The van der Waals surface area contributed by atoms with Crippen LogP contribution in [0.15, 0.2) is 42.9 Å². The number of benzene rings is 1. The summed E-state index contributed by atoms with van der Waals surface area (Å²) in [5.41, 5.74) is 3.11. The summed E-state index contributed by atoms with van der Waals surface area (Å²) in [6.45, 7) is 3.37. The number of aryl methyl sites for hydroxylation is 1. The van der Waals surface area contributed by atoms with Crippen molar-refractivity contribution >= 4 is 5.91 Å². The number of hydrogen-bond donors (Lipinski definition) is 0. The van der Waals surface area contributed by atoms with E-state index in [9.17, 15) is 4.79 Å². The quantitative estimate of drug-likeness (QED) is 0.630. The van der Waals surface area contributed by atoms with Crippen molar-refractivity contribution in [2.45, 2.75) is 31.3 Å². The minimum atomic E-state index is -0.129. The van der Waals surface area contributed by atoms with Gasteiger partial charge < -0.3 is 14.2 Å². The Balaban J connectivity index is 1.32. The molecule has 1 fully saturated rings. The third kappa shape index (κ3) is 3.48. The van der Waals surface area contributed by atoms with Crippen LogP contribution in [0, 0.1) is 0 Å². The van der Waals surface area contributed by atoms with Crippen molar-refractivity contribution in [3.63, 3.8) is 0 Å². The summed E-state index contributed by atoms with van der Waals surface area (Å²) in [6.07, 6.45) is 8.12. The Morgan fingerprint density at radius 2 is 1.81 bits per heavy atom. The molecule has 0 aliphatic carbocycles. The average Bonchev–Trinajstić information content (AvgIpc) is 3.44. The number of likely N-dealkylation sites (tertiary alicyclic amines) is 1. The fourth-order valence-electron chi connectivity index (χ4n) is 5.15. The van der Waals surface area contributed by atoms with Crippen LogP contribution < -0.4 is 4.74 Å². The molecule has 0 saturated carbocycles. The summed E-state index contributed by atoms with van der Waals surface area (Å²) in [6, 6.07) is 7.75. The van der Waals surface area contributed by atoms with Gasteiger partial charge in [0.25, 0.3) is 0 Å². The minimum Gasteiger partial charge on any atom is -0.497 e. The molecule has 5 rings (SSSR count). The van der Waals surface area contributed by atoms with Crippen molar-refractivity contribution in [3.8, 4) is 17.0 Å². The molecule has 32 heavy (non-hydrogen) atoms. The first-order chi connectivity index (χ1) is 15.5. The summed E-state index contributed by atoms with van der Waals surface area (Å²) in [7, 11) is 5.78. The van der Waals surface area contributed by atoms with Crippen LogP contribution in [0.2, 0.25) is 0 Å². The first-order valence-corrected chi connectivity index (χ1v) is 11.2. The van der Waals surface area contributed by atoms with Crippen LogP contribution in [-0.2, 0) is 30.3 Å². The Morgan fingerprint density at radius 1 is 1.06 bits per heavy atom. The Kier molecular flexibility index (Phi) is 5.25. The molecular weight excluding hydrogens is 404 g/mol. The number of likely N-dealkylation sites (N-methyl/N-ethyl adjacent to an activating group) is 1. The number of aromatic nitrogens is 4. The van der Waals surface area contributed by atoms with E-state index < -0.39 is 0 Å². The molecule has 4 heterocycles. The summed E-state index contributed by atoms with van der Waals surface area (Å²) in [4.78, 5) is 22.3. The van der Waals surface area contributed by atoms with Gasteiger partial charge in [0.1, 0.15) is 11.6 Å². The van der Waals surface area contributed by atoms with Gasteiger partial charge in [-0.1, -0.05) is 12.1 Å². The number of ether oxygens (including phenoxy) is 1. The van der Waals surface area contributed by atoms with Crippen molar-refractivity contribution in [2.75, 3.05) is 33.8 Å². The van der Waals surface area contributed by atoms with E-state index in [1.807, 2.05) is 59.5 Å². The third-order valence-corrected chi connectivity index (χ3v) is 7.12. The van der Waals surface area contributed by atoms with Gasteiger partial charge in [-0.15, -0.1) is 0 Å². The van der Waals surface area contributed by atoms with E-state index in [0.29, 0.717) is 6.42 Å². The second-order valence-corrected chi connectivity index (χ2v) is 8.88. The van der Waals surface area contributed by atoms with E-state index >= 15 is 0 Å². The number of imidazole rings is 1. The zero-order valence-electron chi connectivity index (χ0n) is 19.0. The number of carbonyl (C=O) groups excluding carboxylic acids is 1. The van der Waals surface area contributed by atoms with E-state index in [-0.39, 0.29) is 11.4 Å². The summed E-state index contributed by atoms with van der Waals surface area (Å²) in [5.74, 6) is 2.11. The van der Waals surface area contributed by atoms with Gasteiger partial charge in [-0.2, -0.15) is 5.10 Å². The molecular formula is C24H30N6O2. The Morgan fingerprint density at radius 3 is 2.47 bits per heavy atom. The van der Waals surface area contributed by atoms with Crippen molar-refractivity contribution in [1.82, 2.24) is 29.1 Å². The predicted octanol–water partition coefficient (Wildman–Crippen LogP) is 2.30. The van der Waals surface area contributed by atoms with Gasteiger partial charge in [-0.25, -0.2) is 4.98 Å². The van der Waals surface area contributed by atoms with Crippen LogP contribution in [0.3, 0.4) is 0 Å². The van der Waals surface area contributed by atoms with Gasteiger partial charge in [-0.05, 0) is 37.6 Å². The number of rotatable bonds is 4. The molecule has 8 nitrogen and oxygen atoms in total. The molecule has 168 valence electrons. The molecule has 2 aromatic heterocycles. The lowest BCUT2D eigenvalue weighted by molar-refractivity contribution is -0.133. The van der Waals surface area contributed by atoms with E-state index in [1.54, 1.807) is 7.11 Å². The van der Waals surface area contributed by atoms with Crippen LogP contribution >= 0.6 is 0 Å². The van der Waals surface area contributed by atoms with Crippen molar-refractivity contribution < 1.29 is 9.53 Å². The lowest BCUT2D eigenvalue weighted by atomic mass is 9.83. The molecule has 2 aliphatic heterocycles. The fourth-order valence-corrected chi connectivity index (χ4v) is 5.15. The monoisotopic (exact) mass is 434 g/mol. The molecule has 1 amide bonds. The minimum absolute atomic E-state index is 0.129. The highest BCUT2D eigenvalue weighted by atomic mass is 16.5. The number of carbonyl (C=O) groups is 1. The van der Waals surface area contributed by atoms with E-state index in [2.05, 4.69) is 21.6 Å². The number of hydrogen-bond acceptors (Lipinski definition) is 5. The lowest BCUT2D eigenvalue weighted by Gasteiger charge is -2.49. The number of fused-ring (bicyclic) bond motifs is 2. The van der Waals surface area contributed by atoms with Crippen LogP contribution in [0.5, 0.6) is 5.75 Å². The maximum absolute atomic E-state index is 13.0. The van der Waals surface area contributed by atoms with Gasteiger partial charge in [-0.3, -0.25) is 14.4 Å². The SMILES string of the molecule is COc1ccc(CC(=O)N2CCC3(CC2)c2ncc(-c4cnn(C)c4)n2CCN3C)cc1. The van der Waals surface area contributed by atoms with Gasteiger partial charge in [0.15, 0.2) is 0 Å². The van der Waals surface area contributed by atoms with E-state index in [4.69, 9.17) is 9.72 Å². The van der Waals surface area contributed by atoms with Crippen molar-refractivity contribution in [3.05, 3.63) is 54.2 Å². The zero-order valence-corrected chi connectivity index (χ0v) is 19.0. The highest BCUT2D eigenvalue weighted by Gasteiger charge is 2.46. The second kappa shape index (κ2) is 8.09. The highest BCUT2D eigenvalue weighted by molar-refractivity contribution is 5.79. The highest BCUT2D eigenvalue weighted by Crippen LogP contribution is 2.41. The standard InChI is InChI=1S/C24H30N6O2/c1-27-12-13-30-21(19-15-26-28(2)17-19)16-25-23(30)24(27)8-10-29(11-9-24)22(31)14-18-4-6-20(32-3)7-5-18/h4-7,15-17H,8-14H2,1-3H3. The number of piperidine rings is 1. The molecule has 2 aliphatic rings. The fraction of sp³-hybridized carbons (Fsp3) is 0.458. The molecule has 0 N–H and O–H groups in total. The van der Waals surface area contributed by atoms with Gasteiger partial charge >= 0.3 is 0 Å². The number of amides is 1. The van der Waals surface area contributed by atoms with Crippen LogP contribution in [-0.4, -0.2) is 68.8 Å². The van der Waals surface area contributed by atoms with Gasteiger partial charge in [0, 0.05) is 45.0 Å². The number of nitrogens with zero attached hydrogens (tertiary/aromatic N) is 6. The third-order valence-electron chi connectivity index (χ3n) is 7.12. The molecule has 8 heteroatoms. The van der Waals surface area contributed by atoms with Crippen LogP contribution in [0.25, 0.3) is 11.3 Å². The first-order valence-electron chi connectivity index (χ1n) is 11.2. The lowest BCUT2D eigenvalue weighted by Crippen LogP contribution is -2.57.